The summed E-state index contributed by atoms with van der Waals surface area (Å²) in [6.45, 7) is 4.30. The highest BCUT2D eigenvalue weighted by Crippen LogP contribution is 2.31. The smallest absolute Gasteiger partial charge is 0.309 e. The molecule has 0 saturated heterocycles. The molecular weight excluding hydrogens is 259 g/mol. The third-order valence-electron chi connectivity index (χ3n) is 2.54. The van der Waals surface area contributed by atoms with Crippen LogP contribution in [0, 0.1) is 0 Å². The van der Waals surface area contributed by atoms with Crippen LogP contribution in [0.4, 0.5) is 13.2 Å². The maximum Gasteiger partial charge on any atom is 0.416 e. The number of thioether (sulfide) groups is 1. The van der Waals surface area contributed by atoms with Crippen LogP contribution in [0.1, 0.15) is 25.0 Å². The fraction of sp³-hybridized carbons (Fsp3) is 0.538. The van der Waals surface area contributed by atoms with Gasteiger partial charge in [0.05, 0.1) is 5.56 Å². The summed E-state index contributed by atoms with van der Waals surface area (Å²) in [7, 11) is 0. The maximum absolute atomic E-state index is 12.7. The summed E-state index contributed by atoms with van der Waals surface area (Å²) in [5, 5.41) is 3.13. The minimum absolute atomic E-state index is 0.205. The second kappa shape index (κ2) is 7.04. The average molecular weight is 277 g/mol. The Hall–Kier alpha value is -0.680. The van der Waals surface area contributed by atoms with E-state index < -0.39 is 11.7 Å². The molecular formula is C13H18F3NS. The number of halogens is 3. The van der Waals surface area contributed by atoms with Crippen LogP contribution in [0.3, 0.4) is 0 Å². The third kappa shape index (κ3) is 4.90. The largest absolute Gasteiger partial charge is 0.416 e. The normalized spacial score (nSPS) is 13.6. The van der Waals surface area contributed by atoms with Gasteiger partial charge in [-0.25, -0.2) is 0 Å². The monoisotopic (exact) mass is 277 g/mol. The van der Waals surface area contributed by atoms with E-state index in [4.69, 9.17) is 0 Å². The summed E-state index contributed by atoms with van der Waals surface area (Å²) in [5.74, 6) is 1.93. The number of benzene rings is 1. The van der Waals surface area contributed by atoms with Gasteiger partial charge in [0.2, 0.25) is 0 Å². The standard InChI is InChI=1S/C13H18F3NS/c1-3-18-9-10(2)17-8-11-6-4-5-7-12(11)13(14,15)16/h4-7,10,17H,3,8-9H2,1-2H3. The van der Waals surface area contributed by atoms with E-state index in [-0.39, 0.29) is 12.6 Å². The highest BCUT2D eigenvalue weighted by atomic mass is 32.2. The Labute approximate surface area is 110 Å². The molecule has 0 fully saturated rings. The zero-order valence-corrected chi connectivity index (χ0v) is 11.4. The lowest BCUT2D eigenvalue weighted by atomic mass is 10.1. The van der Waals surface area contributed by atoms with E-state index in [2.05, 4.69) is 12.2 Å². The molecule has 0 aliphatic heterocycles. The quantitative estimate of drug-likeness (QED) is 0.845. The fourth-order valence-corrected chi connectivity index (χ4v) is 2.30. The van der Waals surface area contributed by atoms with E-state index in [0.717, 1.165) is 17.6 Å². The number of hydrogen-bond acceptors (Lipinski definition) is 2. The first-order valence-corrected chi connectivity index (χ1v) is 7.06. The van der Waals surface area contributed by atoms with Gasteiger partial charge in [0.1, 0.15) is 0 Å². The van der Waals surface area contributed by atoms with Gasteiger partial charge >= 0.3 is 6.18 Å². The molecule has 0 amide bonds. The summed E-state index contributed by atoms with van der Waals surface area (Å²) in [6.07, 6.45) is -4.28. The van der Waals surface area contributed by atoms with Gasteiger partial charge in [0.15, 0.2) is 0 Å². The highest BCUT2D eigenvalue weighted by Gasteiger charge is 2.32. The van der Waals surface area contributed by atoms with Gasteiger partial charge in [-0.05, 0) is 24.3 Å². The van der Waals surface area contributed by atoms with Crippen LogP contribution < -0.4 is 5.32 Å². The minimum Gasteiger partial charge on any atom is -0.309 e. The Kier molecular flexibility index (Phi) is 6.02. The molecule has 0 aromatic heterocycles. The summed E-state index contributed by atoms with van der Waals surface area (Å²) >= 11 is 1.78. The molecule has 0 bridgehead atoms. The predicted octanol–water partition coefficient (Wildman–Crippen LogP) is 3.94. The molecule has 1 atom stereocenters. The first-order valence-electron chi connectivity index (χ1n) is 5.91. The molecule has 0 saturated carbocycles. The van der Waals surface area contributed by atoms with Crippen molar-refractivity contribution in [1.29, 1.82) is 0 Å². The molecule has 1 rings (SSSR count). The van der Waals surface area contributed by atoms with Crippen molar-refractivity contribution in [3.05, 3.63) is 35.4 Å². The van der Waals surface area contributed by atoms with Crippen molar-refractivity contribution >= 4 is 11.8 Å². The van der Waals surface area contributed by atoms with E-state index in [1.165, 1.54) is 12.1 Å². The molecule has 1 aromatic carbocycles. The van der Waals surface area contributed by atoms with Crippen molar-refractivity contribution in [2.24, 2.45) is 0 Å². The highest BCUT2D eigenvalue weighted by molar-refractivity contribution is 7.99. The lowest BCUT2D eigenvalue weighted by Gasteiger charge is -2.16. The van der Waals surface area contributed by atoms with Gasteiger partial charge in [0.25, 0.3) is 0 Å². The van der Waals surface area contributed by atoms with Crippen LogP contribution in [0.2, 0.25) is 0 Å². The minimum atomic E-state index is -4.28. The number of alkyl halides is 3. The van der Waals surface area contributed by atoms with Crippen LogP contribution in [0.15, 0.2) is 24.3 Å². The summed E-state index contributed by atoms with van der Waals surface area (Å²) < 4.78 is 38.2. The van der Waals surface area contributed by atoms with E-state index in [1.54, 1.807) is 17.8 Å². The molecule has 5 heteroatoms. The third-order valence-corrected chi connectivity index (χ3v) is 3.68. The Bertz CT molecular complexity index is 365. The van der Waals surface area contributed by atoms with Crippen LogP contribution in [-0.4, -0.2) is 17.5 Å². The van der Waals surface area contributed by atoms with Gasteiger partial charge in [-0.15, -0.1) is 0 Å². The zero-order chi connectivity index (χ0) is 13.6. The molecule has 1 N–H and O–H groups in total. The average Bonchev–Trinajstić information content (AvgIpc) is 2.33. The Morgan fingerprint density at radius 3 is 2.56 bits per heavy atom. The van der Waals surface area contributed by atoms with E-state index in [9.17, 15) is 13.2 Å². The number of nitrogens with one attached hydrogen (secondary N) is 1. The van der Waals surface area contributed by atoms with Crippen LogP contribution >= 0.6 is 11.8 Å². The lowest BCUT2D eigenvalue weighted by Crippen LogP contribution is -2.28. The van der Waals surface area contributed by atoms with Gasteiger partial charge in [-0.1, -0.05) is 25.1 Å². The second-order valence-electron chi connectivity index (χ2n) is 4.10. The summed E-state index contributed by atoms with van der Waals surface area (Å²) in [4.78, 5) is 0. The first kappa shape index (κ1) is 15.4. The Morgan fingerprint density at radius 1 is 1.28 bits per heavy atom. The molecule has 1 unspecified atom stereocenters. The fourth-order valence-electron chi connectivity index (χ4n) is 1.59. The molecule has 0 spiro atoms. The lowest BCUT2D eigenvalue weighted by molar-refractivity contribution is -0.138. The van der Waals surface area contributed by atoms with E-state index in [0.29, 0.717) is 5.56 Å². The number of rotatable bonds is 6. The summed E-state index contributed by atoms with van der Waals surface area (Å²) in [6, 6.07) is 5.91. The summed E-state index contributed by atoms with van der Waals surface area (Å²) in [5.41, 5.74) is -0.244. The van der Waals surface area contributed by atoms with Gasteiger partial charge in [-0.3, -0.25) is 0 Å². The van der Waals surface area contributed by atoms with Crippen LogP contribution in [0.25, 0.3) is 0 Å². The molecule has 102 valence electrons. The van der Waals surface area contributed by atoms with Crippen LogP contribution in [0.5, 0.6) is 0 Å². The second-order valence-corrected chi connectivity index (χ2v) is 5.42. The molecule has 1 nitrogen and oxygen atoms in total. The van der Waals surface area contributed by atoms with Crippen molar-refractivity contribution in [2.75, 3.05) is 11.5 Å². The first-order chi connectivity index (χ1) is 8.45. The topological polar surface area (TPSA) is 12.0 Å². The molecule has 0 aliphatic carbocycles. The van der Waals surface area contributed by atoms with Crippen molar-refractivity contribution < 1.29 is 13.2 Å². The van der Waals surface area contributed by atoms with Crippen molar-refractivity contribution in [1.82, 2.24) is 5.32 Å². The molecule has 18 heavy (non-hydrogen) atoms. The molecule has 0 heterocycles. The maximum atomic E-state index is 12.7. The van der Waals surface area contributed by atoms with Crippen molar-refractivity contribution in [2.45, 2.75) is 32.6 Å². The zero-order valence-electron chi connectivity index (χ0n) is 10.6. The van der Waals surface area contributed by atoms with E-state index in [1.807, 2.05) is 6.92 Å². The predicted molar refractivity (Wildman–Crippen MR) is 70.7 cm³/mol. The van der Waals surface area contributed by atoms with Gasteiger partial charge < -0.3 is 5.32 Å². The SMILES string of the molecule is CCSCC(C)NCc1ccccc1C(F)(F)F. The Morgan fingerprint density at radius 2 is 1.94 bits per heavy atom. The van der Waals surface area contributed by atoms with Crippen molar-refractivity contribution in [3.8, 4) is 0 Å². The van der Waals surface area contributed by atoms with Gasteiger partial charge in [-0.2, -0.15) is 24.9 Å². The van der Waals surface area contributed by atoms with Crippen molar-refractivity contribution in [3.63, 3.8) is 0 Å². The van der Waals surface area contributed by atoms with Gasteiger partial charge in [0, 0.05) is 18.3 Å². The molecule has 0 radical (unpaired) electrons. The number of hydrogen-bond donors (Lipinski definition) is 1. The Balaban J connectivity index is 2.62. The molecule has 0 aliphatic rings. The molecule has 1 aromatic rings. The van der Waals surface area contributed by atoms with E-state index >= 15 is 0 Å². The van der Waals surface area contributed by atoms with Crippen LogP contribution in [-0.2, 0) is 12.7 Å².